The average molecular weight is 383 g/mol. The summed E-state index contributed by atoms with van der Waals surface area (Å²) in [5.41, 5.74) is 0.666. The van der Waals surface area contributed by atoms with E-state index in [1.165, 1.54) is 17.0 Å². The highest BCUT2D eigenvalue weighted by molar-refractivity contribution is 5.65. The van der Waals surface area contributed by atoms with Gasteiger partial charge in [-0.1, -0.05) is 25.1 Å². The number of ether oxygens (including phenoxy) is 1. The summed E-state index contributed by atoms with van der Waals surface area (Å²) in [7, 11) is 0. The molecule has 6 nitrogen and oxygen atoms in total. The van der Waals surface area contributed by atoms with E-state index in [1.54, 1.807) is 10.6 Å². The first kappa shape index (κ1) is 19.1. The number of amides is 1. The SMILES string of the molecule is CCCOc1nc2c(n1Cc1ccccc1C(F)(F)F)CCN(C(=O)O)C2. The molecule has 1 aliphatic heterocycles. The van der Waals surface area contributed by atoms with Crippen LogP contribution in [-0.2, 0) is 25.7 Å². The van der Waals surface area contributed by atoms with E-state index in [9.17, 15) is 23.1 Å². The van der Waals surface area contributed by atoms with Gasteiger partial charge in [-0.05, 0) is 18.1 Å². The third-order valence-electron chi connectivity index (χ3n) is 4.44. The maximum absolute atomic E-state index is 13.3. The van der Waals surface area contributed by atoms with Gasteiger partial charge in [0, 0.05) is 18.7 Å². The van der Waals surface area contributed by atoms with Crippen molar-refractivity contribution < 1.29 is 27.8 Å². The smallest absolute Gasteiger partial charge is 0.416 e. The van der Waals surface area contributed by atoms with E-state index in [0.717, 1.165) is 18.2 Å². The van der Waals surface area contributed by atoms with Gasteiger partial charge < -0.3 is 14.7 Å². The van der Waals surface area contributed by atoms with Crippen LogP contribution in [0, 0.1) is 0 Å². The fraction of sp³-hybridized carbons (Fsp3) is 0.444. The van der Waals surface area contributed by atoms with Gasteiger partial charge >= 0.3 is 12.3 Å². The Morgan fingerprint density at radius 1 is 1.33 bits per heavy atom. The third kappa shape index (κ3) is 4.01. The highest BCUT2D eigenvalue weighted by atomic mass is 19.4. The number of carboxylic acid groups (broad SMARTS) is 1. The van der Waals surface area contributed by atoms with Crippen LogP contribution in [0.5, 0.6) is 6.01 Å². The van der Waals surface area contributed by atoms with Crippen molar-refractivity contribution in [3.63, 3.8) is 0 Å². The summed E-state index contributed by atoms with van der Waals surface area (Å²) < 4.78 is 47.3. The molecule has 0 unspecified atom stereocenters. The second-order valence-corrected chi connectivity index (χ2v) is 6.33. The fourth-order valence-electron chi connectivity index (χ4n) is 3.15. The minimum Gasteiger partial charge on any atom is -0.465 e. The van der Waals surface area contributed by atoms with Crippen molar-refractivity contribution in [2.75, 3.05) is 13.2 Å². The number of carbonyl (C=O) groups is 1. The molecule has 1 aromatic carbocycles. The quantitative estimate of drug-likeness (QED) is 0.853. The molecule has 0 radical (unpaired) electrons. The zero-order valence-corrected chi connectivity index (χ0v) is 14.8. The topological polar surface area (TPSA) is 67.6 Å². The summed E-state index contributed by atoms with van der Waals surface area (Å²) in [6.45, 7) is 2.62. The summed E-state index contributed by atoms with van der Waals surface area (Å²) in [4.78, 5) is 16.8. The molecule has 3 rings (SSSR count). The number of imidazole rings is 1. The van der Waals surface area contributed by atoms with E-state index in [0.29, 0.717) is 18.7 Å². The van der Waals surface area contributed by atoms with Crippen LogP contribution >= 0.6 is 0 Å². The largest absolute Gasteiger partial charge is 0.465 e. The highest BCUT2D eigenvalue weighted by Crippen LogP contribution is 2.33. The van der Waals surface area contributed by atoms with Crippen LogP contribution in [0.25, 0.3) is 0 Å². The predicted molar refractivity (Wildman–Crippen MR) is 90.7 cm³/mol. The molecular formula is C18H20F3N3O3. The van der Waals surface area contributed by atoms with Crippen LogP contribution in [0.3, 0.4) is 0 Å². The lowest BCUT2D eigenvalue weighted by molar-refractivity contribution is -0.138. The van der Waals surface area contributed by atoms with E-state index < -0.39 is 17.8 Å². The number of halogens is 3. The lowest BCUT2D eigenvalue weighted by Crippen LogP contribution is -2.35. The molecule has 1 amide bonds. The molecule has 2 heterocycles. The molecular weight excluding hydrogens is 363 g/mol. The van der Waals surface area contributed by atoms with Gasteiger partial charge in [-0.25, -0.2) is 4.79 Å². The molecule has 0 saturated carbocycles. The summed E-state index contributed by atoms with van der Waals surface area (Å²) >= 11 is 0. The Balaban J connectivity index is 1.99. The number of hydrogen-bond donors (Lipinski definition) is 1. The van der Waals surface area contributed by atoms with Crippen LogP contribution in [-0.4, -0.2) is 38.8 Å². The van der Waals surface area contributed by atoms with Gasteiger partial charge in [0.25, 0.3) is 6.01 Å². The van der Waals surface area contributed by atoms with Crippen molar-refractivity contribution in [3.05, 3.63) is 46.8 Å². The van der Waals surface area contributed by atoms with Crippen molar-refractivity contribution in [3.8, 4) is 6.01 Å². The standard InChI is InChI=1S/C18H20F3N3O3/c1-2-9-27-16-22-14-11-23(17(25)26)8-7-15(14)24(16)10-12-5-3-4-6-13(12)18(19,20)21/h3-6H,2,7-11H2,1H3,(H,25,26). The van der Waals surface area contributed by atoms with Crippen LogP contribution < -0.4 is 4.74 Å². The van der Waals surface area contributed by atoms with E-state index in [2.05, 4.69) is 4.98 Å². The summed E-state index contributed by atoms with van der Waals surface area (Å²) in [6.07, 6.45) is -4.41. The van der Waals surface area contributed by atoms with Gasteiger partial charge in [0.05, 0.1) is 31.0 Å². The molecule has 2 aromatic rings. The lowest BCUT2D eigenvalue weighted by atomic mass is 10.1. The van der Waals surface area contributed by atoms with Crippen LogP contribution in [0.1, 0.15) is 35.9 Å². The number of benzene rings is 1. The normalized spacial score (nSPS) is 14.1. The minimum absolute atomic E-state index is 0.0376. The second-order valence-electron chi connectivity index (χ2n) is 6.33. The summed E-state index contributed by atoms with van der Waals surface area (Å²) in [5.74, 6) is 0. The lowest BCUT2D eigenvalue weighted by Gasteiger charge is -2.24. The Hall–Kier alpha value is -2.71. The Morgan fingerprint density at radius 2 is 2.07 bits per heavy atom. The number of nitrogens with zero attached hydrogens (tertiary/aromatic N) is 3. The van der Waals surface area contributed by atoms with Crippen molar-refractivity contribution in [1.82, 2.24) is 14.5 Å². The number of rotatable bonds is 5. The van der Waals surface area contributed by atoms with Gasteiger partial charge in [0.1, 0.15) is 0 Å². The maximum Gasteiger partial charge on any atom is 0.416 e. The van der Waals surface area contributed by atoms with Crippen molar-refractivity contribution in [2.45, 2.75) is 39.0 Å². The predicted octanol–water partition coefficient (Wildman–Crippen LogP) is 3.78. The maximum atomic E-state index is 13.3. The monoisotopic (exact) mass is 383 g/mol. The molecule has 0 aliphatic carbocycles. The molecule has 0 bridgehead atoms. The minimum atomic E-state index is -4.46. The Morgan fingerprint density at radius 3 is 2.74 bits per heavy atom. The van der Waals surface area contributed by atoms with E-state index in [4.69, 9.17) is 4.74 Å². The first-order valence-corrected chi connectivity index (χ1v) is 8.65. The van der Waals surface area contributed by atoms with Crippen molar-refractivity contribution in [1.29, 1.82) is 0 Å². The molecule has 9 heteroatoms. The molecule has 0 saturated heterocycles. The Kier molecular flexibility index (Phi) is 5.29. The summed E-state index contributed by atoms with van der Waals surface area (Å²) in [5, 5.41) is 9.18. The zero-order chi connectivity index (χ0) is 19.6. The molecule has 0 atom stereocenters. The second kappa shape index (κ2) is 7.50. The number of fused-ring (bicyclic) bond motifs is 1. The Labute approximate surface area is 154 Å². The van der Waals surface area contributed by atoms with Crippen LogP contribution in [0.4, 0.5) is 18.0 Å². The molecule has 1 N–H and O–H groups in total. The number of aromatic nitrogens is 2. The molecule has 27 heavy (non-hydrogen) atoms. The first-order valence-electron chi connectivity index (χ1n) is 8.65. The highest BCUT2D eigenvalue weighted by Gasteiger charge is 2.34. The van der Waals surface area contributed by atoms with Crippen LogP contribution in [0.15, 0.2) is 24.3 Å². The first-order chi connectivity index (χ1) is 12.8. The Bertz CT molecular complexity index is 833. The molecule has 1 aromatic heterocycles. The third-order valence-corrected chi connectivity index (χ3v) is 4.44. The van der Waals surface area contributed by atoms with Gasteiger partial charge in [-0.3, -0.25) is 4.57 Å². The number of alkyl halides is 3. The molecule has 146 valence electrons. The summed E-state index contributed by atoms with van der Waals surface area (Å²) in [6, 6.07) is 5.63. The van der Waals surface area contributed by atoms with Crippen molar-refractivity contribution in [2.24, 2.45) is 0 Å². The van der Waals surface area contributed by atoms with Gasteiger partial charge in [0.2, 0.25) is 0 Å². The number of hydrogen-bond acceptors (Lipinski definition) is 3. The molecule has 1 aliphatic rings. The molecule has 0 spiro atoms. The van der Waals surface area contributed by atoms with Crippen LogP contribution in [0.2, 0.25) is 0 Å². The van der Waals surface area contributed by atoms with Crippen molar-refractivity contribution >= 4 is 6.09 Å². The van der Waals surface area contributed by atoms with Gasteiger partial charge in [-0.15, -0.1) is 0 Å². The van der Waals surface area contributed by atoms with Gasteiger partial charge in [-0.2, -0.15) is 18.2 Å². The van der Waals surface area contributed by atoms with E-state index >= 15 is 0 Å². The molecule has 0 fully saturated rings. The van der Waals surface area contributed by atoms with Gasteiger partial charge in [0.15, 0.2) is 0 Å². The average Bonchev–Trinajstić information content (AvgIpc) is 2.96. The van der Waals surface area contributed by atoms with E-state index in [1.807, 2.05) is 6.92 Å². The van der Waals surface area contributed by atoms with E-state index in [-0.39, 0.29) is 31.2 Å². The zero-order valence-electron chi connectivity index (χ0n) is 14.8. The fourth-order valence-corrected chi connectivity index (χ4v) is 3.15.